The zero-order valence-corrected chi connectivity index (χ0v) is 11.2. The quantitative estimate of drug-likeness (QED) is 0.923. The Morgan fingerprint density at radius 1 is 1.50 bits per heavy atom. The smallest absolute Gasteiger partial charge is 0.143 e. The van der Waals surface area contributed by atoms with E-state index in [1.807, 2.05) is 13.8 Å². The van der Waals surface area contributed by atoms with Gasteiger partial charge in [0.25, 0.3) is 0 Å². The summed E-state index contributed by atoms with van der Waals surface area (Å²) >= 11 is 3.11. The normalized spacial score (nSPS) is 15.2. The number of benzene rings is 1. The van der Waals surface area contributed by atoms with Crippen LogP contribution in [0, 0.1) is 11.7 Å². The van der Waals surface area contributed by atoms with Crippen LogP contribution in [0.5, 0.6) is 0 Å². The second-order valence-corrected chi connectivity index (χ2v) is 4.97. The molecule has 0 amide bonds. The molecule has 16 heavy (non-hydrogen) atoms. The fourth-order valence-electron chi connectivity index (χ4n) is 1.61. The summed E-state index contributed by atoms with van der Waals surface area (Å²) < 4.78 is 19.3. The molecule has 90 valence electrons. The van der Waals surface area contributed by atoms with Crippen molar-refractivity contribution in [1.29, 1.82) is 0 Å². The lowest BCUT2D eigenvalue weighted by Crippen LogP contribution is -2.37. The van der Waals surface area contributed by atoms with Crippen molar-refractivity contribution in [2.75, 3.05) is 13.7 Å². The average Bonchev–Trinajstić information content (AvgIpc) is 2.22. The minimum Gasteiger partial charge on any atom is -0.382 e. The Balaban J connectivity index is 3.26. The molecule has 1 N–H and O–H groups in total. The topological polar surface area (TPSA) is 29.5 Å². The predicted molar refractivity (Wildman–Crippen MR) is 64.7 cm³/mol. The molecule has 1 aromatic carbocycles. The van der Waals surface area contributed by atoms with Gasteiger partial charge in [0, 0.05) is 12.7 Å². The minimum atomic E-state index is -1.30. The van der Waals surface area contributed by atoms with E-state index in [1.54, 1.807) is 18.2 Å². The van der Waals surface area contributed by atoms with Crippen LogP contribution in [0.4, 0.5) is 4.39 Å². The molecular weight excluding hydrogens is 275 g/mol. The van der Waals surface area contributed by atoms with Gasteiger partial charge in [0.2, 0.25) is 0 Å². The molecule has 0 fully saturated rings. The van der Waals surface area contributed by atoms with Gasteiger partial charge in [-0.15, -0.1) is 0 Å². The number of hydrogen-bond donors (Lipinski definition) is 1. The molecule has 1 aromatic rings. The lowest BCUT2D eigenvalue weighted by atomic mass is 9.84. The zero-order chi connectivity index (χ0) is 12.3. The lowest BCUT2D eigenvalue weighted by Gasteiger charge is -2.32. The van der Waals surface area contributed by atoms with Crippen LogP contribution in [0.15, 0.2) is 22.7 Å². The van der Waals surface area contributed by atoms with Crippen molar-refractivity contribution in [1.82, 2.24) is 0 Å². The standard InChI is InChI=1S/C12H16BrFO2/c1-8(2)12(15,7-16-3)9-5-4-6-10(13)11(9)14/h4-6,8,15H,7H2,1-3H3. The summed E-state index contributed by atoms with van der Waals surface area (Å²) in [6.07, 6.45) is 0. The molecule has 0 heterocycles. The number of rotatable bonds is 4. The molecule has 0 aliphatic rings. The van der Waals surface area contributed by atoms with E-state index in [4.69, 9.17) is 4.74 Å². The summed E-state index contributed by atoms with van der Waals surface area (Å²) in [4.78, 5) is 0. The number of aliphatic hydroxyl groups is 1. The summed E-state index contributed by atoms with van der Waals surface area (Å²) in [5, 5.41) is 10.5. The fraction of sp³-hybridized carbons (Fsp3) is 0.500. The molecule has 1 atom stereocenters. The second kappa shape index (κ2) is 5.25. The van der Waals surface area contributed by atoms with Crippen LogP contribution in [0.25, 0.3) is 0 Å². The maximum Gasteiger partial charge on any atom is 0.143 e. The maximum absolute atomic E-state index is 13.9. The third-order valence-electron chi connectivity index (χ3n) is 2.74. The largest absolute Gasteiger partial charge is 0.382 e. The van der Waals surface area contributed by atoms with Crippen LogP contribution in [-0.4, -0.2) is 18.8 Å². The van der Waals surface area contributed by atoms with Crippen molar-refractivity contribution < 1.29 is 14.2 Å². The molecule has 4 heteroatoms. The first-order valence-corrected chi connectivity index (χ1v) is 5.88. The Morgan fingerprint density at radius 2 is 2.12 bits per heavy atom. The molecule has 0 saturated heterocycles. The van der Waals surface area contributed by atoms with Gasteiger partial charge in [-0.25, -0.2) is 4.39 Å². The van der Waals surface area contributed by atoms with Crippen molar-refractivity contribution in [3.63, 3.8) is 0 Å². The van der Waals surface area contributed by atoms with Crippen LogP contribution in [0.2, 0.25) is 0 Å². The molecule has 0 aliphatic heterocycles. The summed E-state index contributed by atoms with van der Waals surface area (Å²) in [5.41, 5.74) is -1.04. The van der Waals surface area contributed by atoms with E-state index in [-0.39, 0.29) is 18.1 Å². The van der Waals surface area contributed by atoms with Gasteiger partial charge < -0.3 is 9.84 Å². The molecule has 0 saturated carbocycles. The third kappa shape index (κ3) is 2.44. The highest BCUT2D eigenvalue weighted by atomic mass is 79.9. The first-order valence-electron chi connectivity index (χ1n) is 5.09. The van der Waals surface area contributed by atoms with Crippen LogP contribution in [-0.2, 0) is 10.3 Å². The van der Waals surface area contributed by atoms with Crippen LogP contribution < -0.4 is 0 Å². The number of halogens is 2. The van der Waals surface area contributed by atoms with Gasteiger partial charge in [-0.05, 0) is 27.9 Å². The van der Waals surface area contributed by atoms with Crippen molar-refractivity contribution in [2.24, 2.45) is 5.92 Å². The van der Waals surface area contributed by atoms with E-state index in [0.717, 1.165) is 0 Å². The monoisotopic (exact) mass is 290 g/mol. The van der Waals surface area contributed by atoms with Gasteiger partial charge >= 0.3 is 0 Å². The highest BCUT2D eigenvalue weighted by Crippen LogP contribution is 2.34. The summed E-state index contributed by atoms with van der Waals surface area (Å²) in [5.74, 6) is -0.577. The molecular formula is C12H16BrFO2. The molecule has 0 aliphatic carbocycles. The first kappa shape index (κ1) is 13.6. The average molecular weight is 291 g/mol. The van der Waals surface area contributed by atoms with Gasteiger partial charge in [-0.1, -0.05) is 26.0 Å². The number of ether oxygens (including phenoxy) is 1. The third-order valence-corrected chi connectivity index (χ3v) is 3.35. The predicted octanol–water partition coefficient (Wildman–Crippen LogP) is 3.08. The molecule has 0 spiro atoms. The summed E-state index contributed by atoms with van der Waals surface area (Å²) in [6, 6.07) is 4.89. The molecule has 1 rings (SSSR count). The minimum absolute atomic E-state index is 0.0675. The van der Waals surface area contributed by atoms with Gasteiger partial charge in [0.15, 0.2) is 0 Å². The van der Waals surface area contributed by atoms with E-state index >= 15 is 0 Å². The van der Waals surface area contributed by atoms with Crippen molar-refractivity contribution in [3.8, 4) is 0 Å². The number of hydrogen-bond acceptors (Lipinski definition) is 2. The highest BCUT2D eigenvalue weighted by Gasteiger charge is 2.36. The van der Waals surface area contributed by atoms with Crippen molar-refractivity contribution in [3.05, 3.63) is 34.1 Å². The van der Waals surface area contributed by atoms with Crippen molar-refractivity contribution in [2.45, 2.75) is 19.4 Å². The second-order valence-electron chi connectivity index (χ2n) is 4.11. The van der Waals surface area contributed by atoms with Crippen LogP contribution in [0.3, 0.4) is 0 Å². The highest BCUT2D eigenvalue weighted by molar-refractivity contribution is 9.10. The summed E-state index contributed by atoms with van der Waals surface area (Å²) in [7, 11) is 1.49. The molecule has 0 radical (unpaired) electrons. The fourth-order valence-corrected chi connectivity index (χ4v) is 1.98. The Morgan fingerprint density at radius 3 is 2.62 bits per heavy atom. The van der Waals surface area contributed by atoms with E-state index in [0.29, 0.717) is 4.47 Å². The Kier molecular flexibility index (Phi) is 4.47. The van der Waals surface area contributed by atoms with Gasteiger partial charge in [-0.3, -0.25) is 0 Å². The van der Waals surface area contributed by atoms with Crippen LogP contribution >= 0.6 is 15.9 Å². The molecule has 1 unspecified atom stereocenters. The number of methoxy groups -OCH3 is 1. The summed E-state index contributed by atoms with van der Waals surface area (Å²) in [6.45, 7) is 3.73. The Labute approximate surface area is 104 Å². The van der Waals surface area contributed by atoms with E-state index in [2.05, 4.69) is 15.9 Å². The lowest BCUT2D eigenvalue weighted by molar-refractivity contribution is -0.0723. The zero-order valence-electron chi connectivity index (χ0n) is 9.63. The molecule has 2 nitrogen and oxygen atoms in total. The SMILES string of the molecule is COCC(O)(c1cccc(Br)c1F)C(C)C. The Hall–Kier alpha value is -0.450. The van der Waals surface area contributed by atoms with E-state index < -0.39 is 11.4 Å². The Bertz CT molecular complexity index is 368. The molecule has 0 bridgehead atoms. The van der Waals surface area contributed by atoms with Crippen molar-refractivity contribution >= 4 is 15.9 Å². The van der Waals surface area contributed by atoms with Gasteiger partial charge in [-0.2, -0.15) is 0 Å². The van der Waals surface area contributed by atoms with E-state index in [9.17, 15) is 9.50 Å². The first-order chi connectivity index (χ1) is 7.43. The van der Waals surface area contributed by atoms with Gasteiger partial charge in [0.05, 0.1) is 11.1 Å². The molecule has 0 aromatic heterocycles. The van der Waals surface area contributed by atoms with Crippen LogP contribution in [0.1, 0.15) is 19.4 Å². The van der Waals surface area contributed by atoms with Gasteiger partial charge in [0.1, 0.15) is 11.4 Å². The maximum atomic E-state index is 13.9. The van der Waals surface area contributed by atoms with E-state index in [1.165, 1.54) is 7.11 Å².